The van der Waals surface area contributed by atoms with Crippen LogP contribution < -0.4 is 4.90 Å². The molecule has 30 heavy (non-hydrogen) atoms. The van der Waals surface area contributed by atoms with E-state index in [2.05, 4.69) is 9.97 Å². The second-order valence-corrected chi connectivity index (χ2v) is 7.64. The minimum absolute atomic E-state index is 0.0419. The molecule has 0 saturated carbocycles. The van der Waals surface area contributed by atoms with Crippen molar-refractivity contribution in [2.75, 3.05) is 19.0 Å². The van der Waals surface area contributed by atoms with Crippen molar-refractivity contribution in [2.45, 2.75) is 44.8 Å². The molecule has 3 N–H and O–H groups in total. The van der Waals surface area contributed by atoms with Gasteiger partial charge in [0, 0.05) is 31.6 Å². The molecule has 1 aromatic heterocycles. The van der Waals surface area contributed by atoms with Crippen LogP contribution >= 0.6 is 0 Å². The van der Waals surface area contributed by atoms with E-state index >= 15 is 0 Å². The number of halogens is 1. The zero-order valence-electron chi connectivity index (χ0n) is 17.6. The lowest BCUT2D eigenvalue weighted by molar-refractivity contribution is -0.139. The lowest BCUT2D eigenvalue weighted by Crippen LogP contribution is -2.19. The fourth-order valence-corrected chi connectivity index (χ4v) is 2.96. The Balaban J connectivity index is 2.49. The van der Waals surface area contributed by atoms with Gasteiger partial charge in [0.05, 0.1) is 30.0 Å². The first kappa shape index (κ1) is 23.4. The molecule has 0 saturated heterocycles. The van der Waals surface area contributed by atoms with Crippen LogP contribution in [0.3, 0.4) is 0 Å². The van der Waals surface area contributed by atoms with Gasteiger partial charge in [0.15, 0.2) is 0 Å². The van der Waals surface area contributed by atoms with Gasteiger partial charge in [-0.25, -0.2) is 14.4 Å². The molecule has 2 aromatic rings. The van der Waals surface area contributed by atoms with E-state index in [1.54, 1.807) is 23.1 Å². The third-order valence-electron chi connectivity index (χ3n) is 4.44. The minimum atomic E-state index is -1.16. The lowest BCUT2D eigenvalue weighted by Gasteiger charge is -2.19. The average molecular weight is 417 g/mol. The van der Waals surface area contributed by atoms with Crippen molar-refractivity contribution in [3.8, 4) is 11.3 Å². The Kier molecular flexibility index (Phi) is 8.02. The molecular formula is C22H28FN3O4. The average Bonchev–Trinajstić information content (AvgIpc) is 2.65. The van der Waals surface area contributed by atoms with Gasteiger partial charge in [-0.1, -0.05) is 26.0 Å². The summed E-state index contributed by atoms with van der Waals surface area (Å²) in [6, 6.07) is 5.97. The lowest BCUT2D eigenvalue weighted by atomic mass is 9.97. The van der Waals surface area contributed by atoms with Crippen molar-refractivity contribution in [1.29, 1.82) is 0 Å². The predicted molar refractivity (Wildman–Crippen MR) is 114 cm³/mol. The van der Waals surface area contributed by atoms with Gasteiger partial charge in [-0.3, -0.25) is 4.79 Å². The van der Waals surface area contributed by atoms with Crippen LogP contribution in [-0.2, 0) is 4.79 Å². The number of aliphatic hydroxyl groups excluding tert-OH is 2. The number of nitrogens with zero attached hydrogens (tertiary/aromatic N) is 3. The topological polar surface area (TPSA) is 107 Å². The summed E-state index contributed by atoms with van der Waals surface area (Å²) in [5.41, 5.74) is 2.72. The fraction of sp³-hybridized carbons (Fsp3) is 0.409. The van der Waals surface area contributed by atoms with Crippen molar-refractivity contribution >= 4 is 18.0 Å². The normalized spacial score (nSPS) is 13.6. The first-order chi connectivity index (χ1) is 14.1. The summed E-state index contributed by atoms with van der Waals surface area (Å²) in [5.74, 6) is -0.940. The van der Waals surface area contributed by atoms with Gasteiger partial charge in [-0.05, 0) is 30.2 Å². The summed E-state index contributed by atoms with van der Waals surface area (Å²) >= 11 is 0. The molecule has 1 heterocycles. The van der Waals surface area contributed by atoms with Gasteiger partial charge in [-0.2, -0.15) is 0 Å². The van der Waals surface area contributed by atoms with Crippen molar-refractivity contribution in [3.05, 3.63) is 47.4 Å². The van der Waals surface area contributed by atoms with E-state index in [1.165, 1.54) is 18.2 Å². The van der Waals surface area contributed by atoms with E-state index in [-0.39, 0.29) is 18.2 Å². The van der Waals surface area contributed by atoms with Crippen LogP contribution in [0.4, 0.5) is 10.3 Å². The highest BCUT2D eigenvalue weighted by atomic mass is 19.1. The quantitative estimate of drug-likeness (QED) is 0.576. The van der Waals surface area contributed by atoms with Crippen molar-refractivity contribution < 1.29 is 24.5 Å². The first-order valence-corrected chi connectivity index (χ1v) is 9.69. The SMILES string of the molecule is CC(C)c1nc(N(C)C)nc(-c2ccc(F)cc2)c1C=C[C@@H](O)C[C@@H](O)CC(=O)O. The van der Waals surface area contributed by atoms with Crippen LogP contribution in [0.5, 0.6) is 0 Å². The Morgan fingerprint density at radius 2 is 1.80 bits per heavy atom. The molecule has 7 nitrogen and oxygen atoms in total. The zero-order chi connectivity index (χ0) is 22.4. The predicted octanol–water partition coefficient (Wildman–Crippen LogP) is 3.07. The number of carbonyl (C=O) groups is 1. The standard InChI is InChI=1S/C22H28FN3O4/c1-13(2)20-18(10-9-16(27)11-17(28)12-19(29)30)21(25-22(24-20)26(3)4)14-5-7-15(23)8-6-14/h5-10,13,16-17,27-28H,11-12H2,1-4H3,(H,29,30)/t16-,17-/m1/s1. The molecule has 0 spiro atoms. The van der Waals surface area contributed by atoms with Gasteiger partial charge >= 0.3 is 5.97 Å². The second kappa shape index (κ2) is 10.3. The second-order valence-electron chi connectivity index (χ2n) is 7.64. The van der Waals surface area contributed by atoms with Crippen molar-refractivity contribution in [1.82, 2.24) is 9.97 Å². The van der Waals surface area contributed by atoms with E-state index in [9.17, 15) is 19.4 Å². The summed E-state index contributed by atoms with van der Waals surface area (Å²) < 4.78 is 13.4. The van der Waals surface area contributed by atoms with Gasteiger partial charge in [0.1, 0.15) is 5.82 Å². The van der Waals surface area contributed by atoms with E-state index in [1.807, 2.05) is 27.9 Å². The van der Waals surface area contributed by atoms with Crippen LogP contribution in [0.1, 0.15) is 43.9 Å². The molecule has 0 amide bonds. The molecule has 0 radical (unpaired) electrons. The molecule has 2 rings (SSSR count). The molecular weight excluding hydrogens is 389 g/mol. The molecule has 0 bridgehead atoms. The molecule has 2 atom stereocenters. The Hall–Kier alpha value is -2.84. The van der Waals surface area contributed by atoms with E-state index < -0.39 is 24.6 Å². The molecule has 1 aromatic carbocycles. The van der Waals surface area contributed by atoms with Crippen molar-refractivity contribution in [2.24, 2.45) is 0 Å². The molecule has 0 unspecified atom stereocenters. The number of aliphatic hydroxyl groups is 2. The smallest absolute Gasteiger partial charge is 0.305 e. The Bertz CT molecular complexity index is 898. The maximum absolute atomic E-state index is 13.4. The summed E-state index contributed by atoms with van der Waals surface area (Å²) in [5, 5.41) is 28.7. The number of hydrogen-bond acceptors (Lipinski definition) is 6. The highest BCUT2D eigenvalue weighted by molar-refractivity contribution is 5.75. The highest BCUT2D eigenvalue weighted by Crippen LogP contribution is 2.31. The summed E-state index contributed by atoms with van der Waals surface area (Å²) in [6.07, 6.45) is 0.403. The number of anilines is 1. The van der Waals surface area contributed by atoms with Crippen LogP contribution in [0.25, 0.3) is 17.3 Å². The molecule has 0 aliphatic rings. The van der Waals surface area contributed by atoms with Crippen LogP contribution in [0.15, 0.2) is 30.3 Å². The van der Waals surface area contributed by atoms with Gasteiger partial charge in [-0.15, -0.1) is 0 Å². The Labute approximate surface area is 175 Å². The van der Waals surface area contributed by atoms with Gasteiger partial charge in [0.2, 0.25) is 5.95 Å². The number of carboxylic acid groups (broad SMARTS) is 1. The number of aromatic nitrogens is 2. The van der Waals surface area contributed by atoms with Gasteiger partial charge < -0.3 is 20.2 Å². The minimum Gasteiger partial charge on any atom is -0.481 e. The van der Waals surface area contributed by atoms with Crippen LogP contribution in [0, 0.1) is 5.82 Å². The Morgan fingerprint density at radius 1 is 1.17 bits per heavy atom. The van der Waals surface area contributed by atoms with Gasteiger partial charge in [0.25, 0.3) is 0 Å². The third kappa shape index (κ3) is 6.33. The molecule has 162 valence electrons. The molecule has 0 fully saturated rings. The summed E-state index contributed by atoms with van der Waals surface area (Å²) in [7, 11) is 3.66. The number of aliphatic carboxylic acids is 1. The first-order valence-electron chi connectivity index (χ1n) is 9.69. The number of hydrogen-bond donors (Lipinski definition) is 3. The third-order valence-corrected chi connectivity index (χ3v) is 4.44. The monoisotopic (exact) mass is 417 g/mol. The van der Waals surface area contributed by atoms with Crippen molar-refractivity contribution in [3.63, 3.8) is 0 Å². The molecule has 0 aliphatic carbocycles. The Morgan fingerprint density at radius 3 is 2.33 bits per heavy atom. The number of rotatable bonds is 9. The largest absolute Gasteiger partial charge is 0.481 e. The van der Waals surface area contributed by atoms with E-state index in [0.29, 0.717) is 22.8 Å². The maximum Gasteiger partial charge on any atom is 0.305 e. The van der Waals surface area contributed by atoms with E-state index in [0.717, 1.165) is 5.69 Å². The summed E-state index contributed by atoms with van der Waals surface area (Å²) in [6.45, 7) is 3.97. The molecule has 8 heteroatoms. The van der Waals surface area contributed by atoms with Crippen LogP contribution in [-0.4, -0.2) is 57.6 Å². The fourth-order valence-electron chi connectivity index (χ4n) is 2.96. The maximum atomic E-state index is 13.4. The number of benzene rings is 1. The zero-order valence-corrected chi connectivity index (χ0v) is 17.6. The van der Waals surface area contributed by atoms with Crippen LogP contribution in [0.2, 0.25) is 0 Å². The summed E-state index contributed by atoms with van der Waals surface area (Å²) in [4.78, 5) is 21.7. The molecule has 0 aliphatic heterocycles. The number of carboxylic acids is 1. The highest BCUT2D eigenvalue weighted by Gasteiger charge is 2.19. The van der Waals surface area contributed by atoms with E-state index in [4.69, 9.17) is 5.11 Å².